The van der Waals surface area contributed by atoms with Crippen LogP contribution in [0.4, 0.5) is 0 Å². The minimum absolute atomic E-state index is 0.0884. The summed E-state index contributed by atoms with van der Waals surface area (Å²) in [5.41, 5.74) is 0.491. The Labute approximate surface area is 187 Å². The fraction of sp³-hybridized carbons (Fsp3) is 0.381. The lowest BCUT2D eigenvalue weighted by atomic mass is 9.84. The maximum absolute atomic E-state index is 12.8. The van der Waals surface area contributed by atoms with E-state index in [0.717, 1.165) is 5.56 Å². The van der Waals surface area contributed by atoms with Crippen LogP contribution in [-0.4, -0.2) is 51.5 Å². The van der Waals surface area contributed by atoms with Gasteiger partial charge in [0.15, 0.2) is 0 Å². The van der Waals surface area contributed by atoms with Gasteiger partial charge in [0.05, 0.1) is 18.1 Å². The Balaban J connectivity index is 1.76. The molecule has 1 saturated heterocycles. The minimum atomic E-state index is -3.68. The molecule has 1 heterocycles. The third kappa shape index (κ3) is 4.98. The molecule has 1 aliphatic rings. The number of rotatable bonds is 6. The molecule has 1 fully saturated rings. The smallest absolute Gasteiger partial charge is 0.251 e. The molecule has 0 unspecified atom stereocenters. The standard InChI is InChI=1S/C21H24Cl2N2O4S/c1-21(2,19-17(22)7-4-8-18(19)23)14-24-20(26)15-5-3-6-16(13-15)30(27,28)25-9-11-29-12-10-25/h3-8,13H,9-12,14H2,1-2H3,(H,24,26). The molecule has 2 aromatic carbocycles. The van der Waals surface area contributed by atoms with Crippen LogP contribution in [0, 0.1) is 0 Å². The van der Waals surface area contributed by atoms with E-state index in [4.69, 9.17) is 27.9 Å². The fourth-order valence-electron chi connectivity index (χ4n) is 3.37. The molecular weight excluding hydrogens is 447 g/mol. The Hall–Kier alpha value is -1.64. The summed E-state index contributed by atoms with van der Waals surface area (Å²) in [6, 6.07) is 11.3. The zero-order valence-corrected chi connectivity index (χ0v) is 19.1. The molecule has 0 aliphatic carbocycles. The molecule has 6 nitrogen and oxygen atoms in total. The van der Waals surface area contributed by atoms with Crippen molar-refractivity contribution in [2.75, 3.05) is 32.8 Å². The number of amides is 1. The molecular formula is C21H24Cl2N2O4S. The highest BCUT2D eigenvalue weighted by Gasteiger charge is 2.28. The predicted octanol–water partition coefficient (Wildman–Crippen LogP) is 3.72. The van der Waals surface area contributed by atoms with Crippen molar-refractivity contribution in [3.63, 3.8) is 0 Å². The van der Waals surface area contributed by atoms with Gasteiger partial charge in [-0.3, -0.25) is 4.79 Å². The highest BCUT2D eigenvalue weighted by molar-refractivity contribution is 7.89. The lowest BCUT2D eigenvalue weighted by Crippen LogP contribution is -2.40. The maximum atomic E-state index is 12.8. The zero-order valence-electron chi connectivity index (χ0n) is 16.8. The number of morpholine rings is 1. The van der Waals surface area contributed by atoms with Crippen molar-refractivity contribution >= 4 is 39.1 Å². The summed E-state index contributed by atoms with van der Waals surface area (Å²) in [6.07, 6.45) is 0. The number of halogens is 2. The van der Waals surface area contributed by atoms with Crippen molar-refractivity contribution in [2.45, 2.75) is 24.2 Å². The normalized spacial score (nSPS) is 15.7. The molecule has 2 aromatic rings. The molecule has 9 heteroatoms. The maximum Gasteiger partial charge on any atom is 0.251 e. The molecule has 162 valence electrons. The van der Waals surface area contributed by atoms with Crippen LogP contribution < -0.4 is 5.32 Å². The van der Waals surface area contributed by atoms with Gasteiger partial charge in [-0.15, -0.1) is 0 Å². The highest BCUT2D eigenvalue weighted by Crippen LogP contribution is 2.35. The third-order valence-electron chi connectivity index (χ3n) is 5.03. The van der Waals surface area contributed by atoms with E-state index in [-0.39, 0.29) is 22.9 Å². The van der Waals surface area contributed by atoms with Gasteiger partial charge in [0.25, 0.3) is 5.91 Å². The van der Waals surface area contributed by atoms with E-state index in [9.17, 15) is 13.2 Å². The SMILES string of the molecule is CC(C)(CNC(=O)c1cccc(S(=O)(=O)N2CCOCC2)c1)c1c(Cl)cccc1Cl. The van der Waals surface area contributed by atoms with Crippen molar-refractivity contribution in [3.05, 3.63) is 63.6 Å². The van der Waals surface area contributed by atoms with E-state index < -0.39 is 15.4 Å². The molecule has 1 amide bonds. The number of nitrogens with one attached hydrogen (secondary N) is 1. The number of carbonyl (C=O) groups excluding carboxylic acids is 1. The summed E-state index contributed by atoms with van der Waals surface area (Å²) in [5.74, 6) is -0.370. The second-order valence-electron chi connectivity index (χ2n) is 7.71. The van der Waals surface area contributed by atoms with Gasteiger partial charge >= 0.3 is 0 Å². The van der Waals surface area contributed by atoms with Crippen LogP contribution in [0.15, 0.2) is 47.4 Å². The van der Waals surface area contributed by atoms with E-state index in [1.165, 1.54) is 16.4 Å². The number of sulfonamides is 1. The fourth-order valence-corrected chi connectivity index (χ4v) is 5.73. The summed E-state index contributed by atoms with van der Waals surface area (Å²) < 4.78 is 32.3. The Morgan fingerprint density at radius 3 is 2.33 bits per heavy atom. The number of hydrogen-bond acceptors (Lipinski definition) is 4. The largest absolute Gasteiger partial charge is 0.379 e. The van der Waals surface area contributed by atoms with Crippen molar-refractivity contribution < 1.29 is 17.9 Å². The minimum Gasteiger partial charge on any atom is -0.379 e. The number of carbonyl (C=O) groups is 1. The van der Waals surface area contributed by atoms with Crippen LogP contribution >= 0.6 is 23.2 Å². The van der Waals surface area contributed by atoms with Gasteiger partial charge in [0.1, 0.15) is 0 Å². The van der Waals surface area contributed by atoms with E-state index in [0.29, 0.717) is 36.3 Å². The van der Waals surface area contributed by atoms with Crippen molar-refractivity contribution in [3.8, 4) is 0 Å². The molecule has 30 heavy (non-hydrogen) atoms. The Morgan fingerprint density at radius 2 is 1.70 bits per heavy atom. The van der Waals surface area contributed by atoms with Gasteiger partial charge in [0.2, 0.25) is 10.0 Å². The van der Waals surface area contributed by atoms with Gasteiger partial charge in [-0.1, -0.05) is 49.2 Å². The summed E-state index contributed by atoms with van der Waals surface area (Å²) in [4.78, 5) is 12.8. The molecule has 0 radical (unpaired) electrons. The second-order valence-corrected chi connectivity index (χ2v) is 10.5. The van der Waals surface area contributed by atoms with Gasteiger partial charge in [-0.05, 0) is 35.9 Å². The topological polar surface area (TPSA) is 75.7 Å². The van der Waals surface area contributed by atoms with Crippen LogP contribution in [0.1, 0.15) is 29.8 Å². The molecule has 1 N–H and O–H groups in total. The van der Waals surface area contributed by atoms with Crippen LogP contribution in [0.3, 0.4) is 0 Å². The molecule has 0 aromatic heterocycles. The summed E-state index contributed by atoms with van der Waals surface area (Å²) >= 11 is 12.6. The highest BCUT2D eigenvalue weighted by atomic mass is 35.5. The quantitative estimate of drug-likeness (QED) is 0.697. The van der Waals surface area contributed by atoms with Gasteiger partial charge in [0, 0.05) is 40.7 Å². The van der Waals surface area contributed by atoms with Crippen molar-refractivity contribution in [1.82, 2.24) is 9.62 Å². The van der Waals surface area contributed by atoms with Crippen LogP contribution in [0.5, 0.6) is 0 Å². The van der Waals surface area contributed by atoms with E-state index in [2.05, 4.69) is 5.32 Å². The van der Waals surface area contributed by atoms with Crippen LogP contribution in [0.2, 0.25) is 10.0 Å². The lowest BCUT2D eigenvalue weighted by molar-refractivity contribution is 0.0730. The molecule has 0 spiro atoms. The first-order valence-corrected chi connectivity index (χ1v) is 11.7. The molecule has 1 aliphatic heterocycles. The van der Waals surface area contributed by atoms with Crippen molar-refractivity contribution in [2.24, 2.45) is 0 Å². The van der Waals surface area contributed by atoms with E-state index in [1.54, 1.807) is 30.3 Å². The zero-order chi connectivity index (χ0) is 21.9. The molecule has 3 rings (SSSR count). The number of benzene rings is 2. The number of hydrogen-bond donors (Lipinski definition) is 1. The predicted molar refractivity (Wildman–Crippen MR) is 118 cm³/mol. The second kappa shape index (κ2) is 9.24. The summed E-state index contributed by atoms with van der Waals surface area (Å²) in [5, 5.41) is 3.92. The lowest BCUT2D eigenvalue weighted by Gasteiger charge is -2.28. The van der Waals surface area contributed by atoms with Gasteiger partial charge in [-0.25, -0.2) is 8.42 Å². The van der Waals surface area contributed by atoms with Crippen LogP contribution in [0.25, 0.3) is 0 Å². The first-order chi connectivity index (χ1) is 14.1. The van der Waals surface area contributed by atoms with E-state index in [1.807, 2.05) is 13.8 Å². The monoisotopic (exact) mass is 470 g/mol. The third-order valence-corrected chi connectivity index (χ3v) is 7.56. The van der Waals surface area contributed by atoms with Gasteiger partial charge in [-0.2, -0.15) is 4.31 Å². The average molecular weight is 471 g/mol. The summed E-state index contributed by atoms with van der Waals surface area (Å²) in [6.45, 7) is 5.45. The number of nitrogens with zero attached hydrogens (tertiary/aromatic N) is 1. The summed E-state index contributed by atoms with van der Waals surface area (Å²) in [7, 11) is -3.68. The van der Waals surface area contributed by atoms with Gasteiger partial charge < -0.3 is 10.1 Å². The van der Waals surface area contributed by atoms with E-state index >= 15 is 0 Å². The van der Waals surface area contributed by atoms with Crippen LogP contribution in [-0.2, 0) is 20.2 Å². The first kappa shape index (κ1) is 23.0. The molecule has 0 atom stereocenters. The average Bonchev–Trinajstić information content (AvgIpc) is 2.72. The molecule has 0 bridgehead atoms. The first-order valence-electron chi connectivity index (χ1n) is 9.53. The Kier molecular flexibility index (Phi) is 7.09. The Morgan fingerprint density at radius 1 is 1.10 bits per heavy atom. The van der Waals surface area contributed by atoms with Crippen molar-refractivity contribution in [1.29, 1.82) is 0 Å². The molecule has 0 saturated carbocycles. The Bertz CT molecular complexity index is 1010. The number of ether oxygens (including phenoxy) is 1.